The third-order valence-corrected chi connectivity index (χ3v) is 5.47. The summed E-state index contributed by atoms with van der Waals surface area (Å²) in [5.41, 5.74) is 7.47. The Labute approximate surface area is 197 Å². The fourth-order valence-corrected chi connectivity index (χ4v) is 3.26. The van der Waals surface area contributed by atoms with Gasteiger partial charge in [-0.1, -0.05) is 50.6 Å². The van der Waals surface area contributed by atoms with Crippen LogP contribution >= 0.6 is 0 Å². The fourth-order valence-electron chi connectivity index (χ4n) is 3.26. The summed E-state index contributed by atoms with van der Waals surface area (Å²) in [7, 11) is 0. The van der Waals surface area contributed by atoms with E-state index in [4.69, 9.17) is 5.73 Å². The van der Waals surface area contributed by atoms with Crippen molar-refractivity contribution in [3.63, 3.8) is 0 Å². The lowest BCUT2D eigenvalue weighted by Crippen LogP contribution is -2.55. The van der Waals surface area contributed by atoms with Gasteiger partial charge in [0.1, 0.15) is 12.1 Å². The molecular formula is C23H32N6O5. The molecule has 0 aliphatic heterocycles. The molecule has 34 heavy (non-hydrogen) atoms. The zero-order valence-electron chi connectivity index (χ0n) is 19.3. The maximum absolute atomic E-state index is 12.9. The van der Waals surface area contributed by atoms with Gasteiger partial charge in [0.2, 0.25) is 17.7 Å². The molecule has 0 saturated heterocycles. The first-order valence-corrected chi connectivity index (χ1v) is 11.1. The second-order valence-corrected chi connectivity index (χ2v) is 8.13. The summed E-state index contributed by atoms with van der Waals surface area (Å²) in [5.74, 6) is -3.18. The number of imidazole rings is 1. The fraction of sp³-hybridized carbons (Fsp3) is 0.435. The molecule has 184 valence electrons. The van der Waals surface area contributed by atoms with Crippen LogP contribution in [-0.4, -0.2) is 63.4 Å². The van der Waals surface area contributed by atoms with Gasteiger partial charge in [-0.3, -0.25) is 14.4 Å². The van der Waals surface area contributed by atoms with Crippen LogP contribution in [0.15, 0.2) is 42.9 Å². The van der Waals surface area contributed by atoms with Gasteiger partial charge in [0.15, 0.2) is 0 Å². The van der Waals surface area contributed by atoms with Crippen LogP contribution in [-0.2, 0) is 32.0 Å². The van der Waals surface area contributed by atoms with Gasteiger partial charge in [-0.25, -0.2) is 9.78 Å². The van der Waals surface area contributed by atoms with E-state index in [1.807, 2.05) is 37.3 Å². The second-order valence-electron chi connectivity index (χ2n) is 8.13. The van der Waals surface area contributed by atoms with E-state index in [2.05, 4.69) is 25.9 Å². The molecule has 4 atom stereocenters. The lowest BCUT2D eigenvalue weighted by atomic mass is 9.99. The number of carbonyl (C=O) groups excluding carboxylic acids is 3. The molecule has 0 aliphatic rings. The summed E-state index contributed by atoms with van der Waals surface area (Å²) in [6.07, 6.45) is 3.99. The first kappa shape index (κ1) is 26.5. The zero-order chi connectivity index (χ0) is 25.1. The number of aromatic amines is 1. The van der Waals surface area contributed by atoms with Crippen LogP contribution in [0.3, 0.4) is 0 Å². The van der Waals surface area contributed by atoms with Crippen LogP contribution in [0.25, 0.3) is 0 Å². The minimum absolute atomic E-state index is 0.182. The van der Waals surface area contributed by atoms with E-state index in [1.165, 1.54) is 6.33 Å². The van der Waals surface area contributed by atoms with E-state index in [0.29, 0.717) is 12.1 Å². The molecule has 7 N–H and O–H groups in total. The molecule has 0 saturated carbocycles. The van der Waals surface area contributed by atoms with Crippen molar-refractivity contribution in [1.29, 1.82) is 0 Å². The number of H-pyrrole nitrogens is 1. The van der Waals surface area contributed by atoms with Crippen LogP contribution in [0.1, 0.15) is 31.5 Å². The van der Waals surface area contributed by atoms with E-state index in [-0.39, 0.29) is 18.8 Å². The zero-order valence-corrected chi connectivity index (χ0v) is 19.3. The molecule has 0 fully saturated rings. The first-order valence-electron chi connectivity index (χ1n) is 11.1. The van der Waals surface area contributed by atoms with Gasteiger partial charge >= 0.3 is 5.97 Å². The van der Waals surface area contributed by atoms with Crippen molar-refractivity contribution in [3.8, 4) is 0 Å². The normalized spacial score (nSPS) is 14.3. The highest BCUT2D eigenvalue weighted by molar-refractivity contribution is 5.92. The van der Waals surface area contributed by atoms with Crippen LogP contribution in [0, 0.1) is 5.92 Å². The number of benzene rings is 1. The quantitative estimate of drug-likeness (QED) is 0.232. The number of nitrogens with zero attached hydrogens (tertiary/aromatic N) is 1. The highest BCUT2D eigenvalue weighted by atomic mass is 16.4. The molecule has 1 aromatic heterocycles. The van der Waals surface area contributed by atoms with Crippen LogP contribution in [0.4, 0.5) is 0 Å². The number of carboxylic acid groups (broad SMARTS) is 1. The van der Waals surface area contributed by atoms with Crippen molar-refractivity contribution in [3.05, 3.63) is 54.1 Å². The van der Waals surface area contributed by atoms with E-state index < -0.39 is 48.4 Å². The standard InChI is InChI=1S/C23H32N6O5/c1-3-14(2)20(23(33)34)29-19(30)12-26-22(32)18(9-15-7-5-4-6-8-15)28-21(31)17(24)10-16-11-25-13-27-16/h4-8,11,13-14,17-18,20H,3,9-10,12,24H2,1-2H3,(H,25,27)(H,26,32)(H,28,31)(H,29,30)(H,33,34). The topological polar surface area (TPSA) is 179 Å². The third-order valence-electron chi connectivity index (χ3n) is 5.47. The Balaban J connectivity index is 2.01. The lowest BCUT2D eigenvalue weighted by molar-refractivity contribution is -0.143. The number of hydrogen-bond donors (Lipinski definition) is 6. The molecular weight excluding hydrogens is 440 g/mol. The van der Waals surface area contributed by atoms with Crippen molar-refractivity contribution in [2.75, 3.05) is 6.54 Å². The summed E-state index contributed by atoms with van der Waals surface area (Å²) >= 11 is 0. The number of rotatable bonds is 13. The smallest absolute Gasteiger partial charge is 0.326 e. The van der Waals surface area contributed by atoms with Gasteiger partial charge in [0, 0.05) is 24.7 Å². The van der Waals surface area contributed by atoms with Gasteiger partial charge in [0.05, 0.1) is 18.9 Å². The van der Waals surface area contributed by atoms with Gasteiger partial charge in [-0.05, 0) is 11.5 Å². The van der Waals surface area contributed by atoms with Crippen molar-refractivity contribution in [1.82, 2.24) is 25.9 Å². The van der Waals surface area contributed by atoms with Gasteiger partial charge < -0.3 is 31.8 Å². The summed E-state index contributed by atoms with van der Waals surface area (Å²) in [6, 6.07) is 6.12. The number of nitrogens with two attached hydrogens (primary N) is 1. The highest BCUT2D eigenvalue weighted by Crippen LogP contribution is 2.08. The Kier molecular flexibility index (Phi) is 10.2. The SMILES string of the molecule is CCC(C)C(NC(=O)CNC(=O)C(Cc1ccccc1)NC(=O)C(N)Cc1cnc[nH]1)C(=O)O. The van der Waals surface area contributed by atoms with Crippen LogP contribution in [0.5, 0.6) is 0 Å². The molecule has 2 aromatic rings. The van der Waals surface area contributed by atoms with Crippen molar-refractivity contribution in [2.24, 2.45) is 11.7 Å². The molecule has 0 bridgehead atoms. The Hall–Kier alpha value is -3.73. The molecule has 11 heteroatoms. The summed E-state index contributed by atoms with van der Waals surface area (Å²) in [6.45, 7) is 3.11. The molecule has 0 radical (unpaired) electrons. The molecule has 1 aromatic carbocycles. The van der Waals surface area contributed by atoms with Gasteiger partial charge in [-0.2, -0.15) is 0 Å². The minimum Gasteiger partial charge on any atom is -0.480 e. The molecule has 0 spiro atoms. The maximum atomic E-state index is 12.9. The number of hydrogen-bond acceptors (Lipinski definition) is 6. The predicted molar refractivity (Wildman–Crippen MR) is 124 cm³/mol. The number of carbonyl (C=O) groups is 4. The molecule has 3 amide bonds. The monoisotopic (exact) mass is 472 g/mol. The average Bonchev–Trinajstić information content (AvgIpc) is 3.33. The second kappa shape index (κ2) is 13.1. The Morgan fingerprint density at radius 2 is 1.79 bits per heavy atom. The summed E-state index contributed by atoms with van der Waals surface area (Å²) in [5, 5.41) is 16.9. The number of aromatic nitrogens is 2. The third kappa shape index (κ3) is 8.32. The Morgan fingerprint density at radius 3 is 2.38 bits per heavy atom. The van der Waals surface area contributed by atoms with Crippen molar-refractivity contribution in [2.45, 2.75) is 51.2 Å². The lowest BCUT2D eigenvalue weighted by Gasteiger charge is -2.22. The molecule has 11 nitrogen and oxygen atoms in total. The highest BCUT2D eigenvalue weighted by Gasteiger charge is 2.27. The first-order chi connectivity index (χ1) is 16.2. The number of aliphatic carboxylic acids is 1. The average molecular weight is 473 g/mol. The molecule has 0 aliphatic carbocycles. The van der Waals surface area contributed by atoms with Crippen molar-refractivity contribution >= 4 is 23.7 Å². The number of carboxylic acids is 1. The predicted octanol–water partition coefficient (Wildman–Crippen LogP) is -0.261. The number of nitrogens with one attached hydrogen (secondary N) is 4. The van der Waals surface area contributed by atoms with Gasteiger partial charge in [0.25, 0.3) is 0 Å². The number of amides is 3. The summed E-state index contributed by atoms with van der Waals surface area (Å²) < 4.78 is 0. The molecule has 4 unspecified atom stereocenters. The summed E-state index contributed by atoms with van der Waals surface area (Å²) in [4.78, 5) is 55.9. The van der Waals surface area contributed by atoms with E-state index in [9.17, 15) is 24.3 Å². The van der Waals surface area contributed by atoms with E-state index in [1.54, 1.807) is 13.1 Å². The van der Waals surface area contributed by atoms with Crippen molar-refractivity contribution < 1.29 is 24.3 Å². The van der Waals surface area contributed by atoms with Crippen LogP contribution < -0.4 is 21.7 Å². The minimum atomic E-state index is -1.14. The van der Waals surface area contributed by atoms with Crippen LogP contribution in [0.2, 0.25) is 0 Å². The molecule has 1 heterocycles. The largest absolute Gasteiger partial charge is 0.480 e. The molecule has 2 rings (SSSR count). The van der Waals surface area contributed by atoms with E-state index in [0.717, 1.165) is 5.56 Å². The maximum Gasteiger partial charge on any atom is 0.326 e. The Morgan fingerprint density at radius 1 is 1.09 bits per heavy atom. The van der Waals surface area contributed by atoms with E-state index >= 15 is 0 Å². The van der Waals surface area contributed by atoms with Gasteiger partial charge in [-0.15, -0.1) is 0 Å². The Bertz CT molecular complexity index is 950.